The summed E-state index contributed by atoms with van der Waals surface area (Å²) < 4.78 is 19.7. The number of unbranched alkanes of at least 4 members (excludes halogenated alkanes) is 1. The van der Waals surface area contributed by atoms with Gasteiger partial charge in [-0.25, -0.2) is 4.39 Å². The van der Waals surface area contributed by atoms with Crippen molar-refractivity contribution in [3.8, 4) is 17.6 Å². The lowest BCUT2D eigenvalue weighted by Gasteiger charge is -2.09. The van der Waals surface area contributed by atoms with E-state index in [1.165, 1.54) is 17.7 Å². The summed E-state index contributed by atoms with van der Waals surface area (Å²) in [6.07, 6.45) is 3.34. The summed E-state index contributed by atoms with van der Waals surface area (Å²) in [6, 6.07) is 12.5. The molecule has 0 radical (unpaired) electrons. The van der Waals surface area contributed by atoms with Crippen LogP contribution in [0, 0.1) is 17.1 Å². The molecule has 0 saturated heterocycles. The van der Waals surface area contributed by atoms with Gasteiger partial charge in [-0.1, -0.05) is 25.5 Å². The second-order valence-electron chi connectivity index (χ2n) is 4.70. The molecule has 2 nitrogen and oxygen atoms in total. The molecule has 0 aromatic heterocycles. The van der Waals surface area contributed by atoms with Crippen molar-refractivity contribution in [2.45, 2.75) is 26.2 Å². The van der Waals surface area contributed by atoms with Gasteiger partial charge in [0, 0.05) is 0 Å². The van der Waals surface area contributed by atoms with Crippen LogP contribution in [0.15, 0.2) is 40.9 Å². The molecular formula is C17H15BrFNO. The molecule has 0 amide bonds. The van der Waals surface area contributed by atoms with Crippen LogP contribution in [0.4, 0.5) is 4.39 Å². The van der Waals surface area contributed by atoms with Crippen molar-refractivity contribution in [2.75, 3.05) is 0 Å². The van der Waals surface area contributed by atoms with Crippen LogP contribution in [0.3, 0.4) is 0 Å². The first-order valence-electron chi connectivity index (χ1n) is 6.80. The molecule has 2 rings (SSSR count). The van der Waals surface area contributed by atoms with E-state index in [0.29, 0.717) is 5.75 Å². The zero-order valence-electron chi connectivity index (χ0n) is 11.7. The summed E-state index contributed by atoms with van der Waals surface area (Å²) in [5, 5.41) is 8.84. The second-order valence-corrected chi connectivity index (χ2v) is 5.49. The number of nitrogens with zero attached hydrogens (tertiary/aromatic N) is 1. The van der Waals surface area contributed by atoms with Crippen molar-refractivity contribution in [2.24, 2.45) is 0 Å². The molecule has 0 heterocycles. The van der Waals surface area contributed by atoms with Gasteiger partial charge in [-0.05, 0) is 58.6 Å². The van der Waals surface area contributed by atoms with Gasteiger partial charge < -0.3 is 4.74 Å². The van der Waals surface area contributed by atoms with Gasteiger partial charge in [-0.15, -0.1) is 0 Å². The number of rotatable bonds is 5. The Kier molecular flexibility index (Phi) is 5.35. The topological polar surface area (TPSA) is 33.0 Å². The fourth-order valence-corrected chi connectivity index (χ4v) is 2.35. The molecule has 0 aliphatic carbocycles. The zero-order valence-corrected chi connectivity index (χ0v) is 13.3. The van der Waals surface area contributed by atoms with Crippen LogP contribution in [0.2, 0.25) is 0 Å². The highest BCUT2D eigenvalue weighted by atomic mass is 79.9. The number of aryl methyl sites for hydroxylation is 1. The van der Waals surface area contributed by atoms with Crippen LogP contribution in [-0.4, -0.2) is 0 Å². The van der Waals surface area contributed by atoms with E-state index in [1.54, 1.807) is 0 Å². The largest absolute Gasteiger partial charge is 0.454 e. The van der Waals surface area contributed by atoms with Crippen molar-refractivity contribution in [3.63, 3.8) is 0 Å². The van der Waals surface area contributed by atoms with Gasteiger partial charge in [0.15, 0.2) is 11.6 Å². The van der Waals surface area contributed by atoms with E-state index in [4.69, 9.17) is 10.00 Å². The van der Waals surface area contributed by atoms with Gasteiger partial charge in [0.2, 0.25) is 0 Å². The Balaban J connectivity index is 2.15. The predicted octanol–water partition coefficient (Wildman–Crippen LogP) is 5.59. The molecule has 4 heteroatoms. The Bertz CT molecular complexity index is 662. The first-order valence-corrected chi connectivity index (χ1v) is 7.60. The molecule has 108 valence electrons. The highest BCUT2D eigenvalue weighted by molar-refractivity contribution is 9.10. The fourth-order valence-electron chi connectivity index (χ4n) is 1.93. The molecule has 0 fully saturated rings. The summed E-state index contributed by atoms with van der Waals surface area (Å²) in [6.45, 7) is 2.16. The minimum atomic E-state index is -0.566. The molecule has 0 atom stereocenters. The maximum atomic E-state index is 14.1. The van der Waals surface area contributed by atoms with E-state index >= 15 is 0 Å². The van der Waals surface area contributed by atoms with Gasteiger partial charge >= 0.3 is 0 Å². The van der Waals surface area contributed by atoms with Crippen molar-refractivity contribution in [1.82, 2.24) is 0 Å². The third kappa shape index (κ3) is 3.83. The van der Waals surface area contributed by atoms with Crippen LogP contribution in [0.25, 0.3) is 0 Å². The van der Waals surface area contributed by atoms with Crippen LogP contribution in [0.1, 0.15) is 30.9 Å². The van der Waals surface area contributed by atoms with E-state index < -0.39 is 5.82 Å². The molecule has 0 aliphatic rings. The molecular weight excluding hydrogens is 333 g/mol. The molecule has 21 heavy (non-hydrogen) atoms. The van der Waals surface area contributed by atoms with Crippen molar-refractivity contribution in [1.29, 1.82) is 5.26 Å². The normalized spacial score (nSPS) is 10.2. The second kappa shape index (κ2) is 7.24. The lowest BCUT2D eigenvalue weighted by molar-refractivity contribution is 0.440. The van der Waals surface area contributed by atoms with Gasteiger partial charge in [0.25, 0.3) is 0 Å². The molecule has 0 saturated carbocycles. The number of benzene rings is 2. The molecule has 0 spiro atoms. The number of hydrogen-bond acceptors (Lipinski definition) is 2. The zero-order chi connectivity index (χ0) is 15.2. The van der Waals surface area contributed by atoms with E-state index in [-0.39, 0.29) is 15.8 Å². The third-order valence-corrected chi connectivity index (χ3v) is 3.91. The maximum Gasteiger partial charge on any atom is 0.181 e. The molecule has 0 N–H and O–H groups in total. The average molecular weight is 348 g/mol. The first kappa shape index (κ1) is 15.5. The smallest absolute Gasteiger partial charge is 0.181 e. The molecule has 2 aromatic rings. The molecule has 0 aliphatic heterocycles. The Morgan fingerprint density at radius 3 is 2.52 bits per heavy atom. The highest BCUT2D eigenvalue weighted by Gasteiger charge is 2.12. The first-order chi connectivity index (χ1) is 10.2. The predicted molar refractivity (Wildman–Crippen MR) is 83.9 cm³/mol. The monoisotopic (exact) mass is 347 g/mol. The standard InChI is InChI=1S/C17H15BrFNO/c1-2-3-4-12-5-8-14(9-6-12)21-15-10-7-13(11-20)16(18)17(15)19/h5-10H,2-4H2,1H3. The number of ether oxygens (including phenoxy) is 1. The average Bonchev–Trinajstić information content (AvgIpc) is 2.51. The summed E-state index contributed by atoms with van der Waals surface area (Å²) >= 11 is 3.07. The fraction of sp³-hybridized carbons (Fsp3) is 0.235. The third-order valence-electron chi connectivity index (χ3n) is 3.14. The van der Waals surface area contributed by atoms with Gasteiger partial charge in [0.05, 0.1) is 10.0 Å². The van der Waals surface area contributed by atoms with Crippen LogP contribution in [-0.2, 0) is 6.42 Å². The van der Waals surface area contributed by atoms with Crippen molar-refractivity contribution in [3.05, 3.63) is 57.8 Å². The maximum absolute atomic E-state index is 14.1. The minimum absolute atomic E-state index is 0.0992. The minimum Gasteiger partial charge on any atom is -0.454 e. The van der Waals surface area contributed by atoms with Crippen LogP contribution >= 0.6 is 15.9 Å². The Morgan fingerprint density at radius 2 is 1.90 bits per heavy atom. The Labute approximate surface area is 132 Å². The highest BCUT2D eigenvalue weighted by Crippen LogP contribution is 2.31. The quantitative estimate of drug-likeness (QED) is 0.705. The summed E-state index contributed by atoms with van der Waals surface area (Å²) in [7, 11) is 0. The molecule has 0 bridgehead atoms. The van der Waals surface area contributed by atoms with Crippen molar-refractivity contribution >= 4 is 15.9 Å². The Morgan fingerprint density at radius 1 is 1.19 bits per heavy atom. The number of hydrogen-bond donors (Lipinski definition) is 0. The lowest BCUT2D eigenvalue weighted by atomic mass is 10.1. The SMILES string of the molecule is CCCCc1ccc(Oc2ccc(C#N)c(Br)c2F)cc1. The van der Waals surface area contributed by atoms with Crippen LogP contribution in [0.5, 0.6) is 11.5 Å². The number of halogens is 2. The van der Waals surface area contributed by atoms with Gasteiger partial charge in [-0.3, -0.25) is 0 Å². The van der Waals surface area contributed by atoms with E-state index in [9.17, 15) is 4.39 Å². The van der Waals surface area contributed by atoms with Crippen molar-refractivity contribution < 1.29 is 9.13 Å². The summed E-state index contributed by atoms with van der Waals surface area (Å²) in [5.74, 6) is 0.108. The lowest BCUT2D eigenvalue weighted by Crippen LogP contribution is -1.92. The van der Waals surface area contributed by atoms with Gasteiger partial charge in [0.1, 0.15) is 11.8 Å². The molecule has 2 aromatic carbocycles. The Hall–Kier alpha value is -1.86. The summed E-state index contributed by atoms with van der Waals surface area (Å²) in [4.78, 5) is 0. The van der Waals surface area contributed by atoms with E-state index in [2.05, 4.69) is 22.9 Å². The van der Waals surface area contributed by atoms with E-state index in [0.717, 1.165) is 19.3 Å². The number of nitriles is 1. The van der Waals surface area contributed by atoms with E-state index in [1.807, 2.05) is 30.3 Å². The molecule has 0 unspecified atom stereocenters. The van der Waals surface area contributed by atoms with Crippen LogP contribution < -0.4 is 4.74 Å². The van der Waals surface area contributed by atoms with Gasteiger partial charge in [-0.2, -0.15) is 5.26 Å². The summed E-state index contributed by atoms with van der Waals surface area (Å²) in [5.41, 5.74) is 1.49.